The quantitative estimate of drug-likeness (QED) is 0.904. The number of hydrogen-bond acceptors (Lipinski definition) is 3. The molecule has 4 nitrogen and oxygen atoms in total. The van der Waals surface area contributed by atoms with E-state index in [0.717, 1.165) is 25.7 Å². The molecule has 0 aliphatic carbocycles. The van der Waals surface area contributed by atoms with Gasteiger partial charge >= 0.3 is 0 Å². The molecule has 1 atom stereocenters. The van der Waals surface area contributed by atoms with Crippen molar-refractivity contribution in [2.75, 3.05) is 19.6 Å². The summed E-state index contributed by atoms with van der Waals surface area (Å²) in [4.78, 5) is 0.398. The molecule has 1 aromatic carbocycles. The molecule has 1 fully saturated rings. The second-order valence-electron chi connectivity index (χ2n) is 5.50. The van der Waals surface area contributed by atoms with Crippen LogP contribution in [0.2, 0.25) is 0 Å². The monoisotopic (exact) mass is 296 g/mol. The standard InChI is InChI=1S/C15H24N2O2S/c1-2-4-13-6-8-15(9-7-13)20(18,19)17-10-3-5-14(11-16)12-17/h6-9,14H,2-5,10-12,16H2,1H3. The Labute approximate surface area is 122 Å². The molecule has 0 amide bonds. The lowest BCUT2D eigenvalue weighted by Gasteiger charge is -2.31. The Morgan fingerprint density at radius 2 is 2.00 bits per heavy atom. The van der Waals surface area contributed by atoms with Gasteiger partial charge in [0, 0.05) is 13.1 Å². The van der Waals surface area contributed by atoms with E-state index in [4.69, 9.17) is 5.73 Å². The fourth-order valence-corrected chi connectivity index (χ4v) is 4.26. The number of sulfonamides is 1. The number of benzene rings is 1. The van der Waals surface area contributed by atoms with Crippen LogP contribution in [-0.4, -0.2) is 32.4 Å². The highest BCUT2D eigenvalue weighted by Crippen LogP contribution is 2.23. The van der Waals surface area contributed by atoms with Crippen molar-refractivity contribution in [1.29, 1.82) is 0 Å². The van der Waals surface area contributed by atoms with Crippen molar-refractivity contribution in [1.82, 2.24) is 4.31 Å². The third-order valence-corrected chi connectivity index (χ3v) is 5.79. The highest BCUT2D eigenvalue weighted by atomic mass is 32.2. The zero-order valence-corrected chi connectivity index (χ0v) is 12.9. The van der Waals surface area contributed by atoms with Crippen LogP contribution < -0.4 is 5.73 Å². The molecule has 1 aliphatic rings. The Bertz CT molecular complexity index is 525. The zero-order valence-electron chi connectivity index (χ0n) is 12.1. The number of piperidine rings is 1. The van der Waals surface area contributed by atoms with E-state index in [1.54, 1.807) is 16.4 Å². The van der Waals surface area contributed by atoms with Crippen LogP contribution in [-0.2, 0) is 16.4 Å². The number of hydrogen-bond donors (Lipinski definition) is 1. The van der Waals surface area contributed by atoms with Crippen molar-refractivity contribution in [3.05, 3.63) is 29.8 Å². The summed E-state index contributed by atoms with van der Waals surface area (Å²) in [5.74, 6) is 0.290. The van der Waals surface area contributed by atoms with Crippen LogP contribution in [0.1, 0.15) is 31.7 Å². The minimum Gasteiger partial charge on any atom is -0.330 e. The topological polar surface area (TPSA) is 63.4 Å². The predicted octanol–water partition coefficient (Wildman–Crippen LogP) is 2.00. The highest BCUT2D eigenvalue weighted by Gasteiger charge is 2.29. The van der Waals surface area contributed by atoms with Gasteiger partial charge < -0.3 is 5.73 Å². The summed E-state index contributed by atoms with van der Waals surface area (Å²) in [7, 11) is -3.36. The lowest BCUT2D eigenvalue weighted by molar-refractivity contribution is 0.271. The molecule has 0 spiro atoms. The molecule has 0 saturated carbocycles. The molecule has 1 saturated heterocycles. The number of rotatable bonds is 5. The highest BCUT2D eigenvalue weighted by molar-refractivity contribution is 7.89. The van der Waals surface area contributed by atoms with E-state index in [0.29, 0.717) is 24.5 Å². The second-order valence-corrected chi connectivity index (χ2v) is 7.44. The van der Waals surface area contributed by atoms with Gasteiger partial charge in [-0.15, -0.1) is 0 Å². The largest absolute Gasteiger partial charge is 0.330 e. The van der Waals surface area contributed by atoms with Crippen LogP contribution in [0, 0.1) is 5.92 Å². The molecule has 1 unspecified atom stereocenters. The average molecular weight is 296 g/mol. The van der Waals surface area contributed by atoms with Gasteiger partial charge in [0.2, 0.25) is 10.0 Å². The molecule has 2 N–H and O–H groups in total. The first kappa shape index (κ1) is 15.5. The van der Waals surface area contributed by atoms with E-state index in [1.165, 1.54) is 5.56 Å². The van der Waals surface area contributed by atoms with Crippen LogP contribution in [0.15, 0.2) is 29.2 Å². The number of nitrogens with two attached hydrogens (primary N) is 1. The molecule has 0 bridgehead atoms. The van der Waals surface area contributed by atoms with Crippen molar-refractivity contribution in [3.63, 3.8) is 0 Å². The fraction of sp³-hybridized carbons (Fsp3) is 0.600. The molecule has 2 rings (SSSR count). The van der Waals surface area contributed by atoms with Crippen molar-refractivity contribution in [2.24, 2.45) is 11.7 Å². The summed E-state index contributed by atoms with van der Waals surface area (Å²) >= 11 is 0. The van der Waals surface area contributed by atoms with Crippen molar-refractivity contribution >= 4 is 10.0 Å². The second kappa shape index (κ2) is 6.70. The first-order valence-corrected chi connectivity index (χ1v) is 8.81. The molecule has 112 valence electrons. The van der Waals surface area contributed by atoms with Crippen LogP contribution in [0.3, 0.4) is 0 Å². The lowest BCUT2D eigenvalue weighted by Crippen LogP contribution is -2.41. The molecule has 0 aromatic heterocycles. The third-order valence-electron chi connectivity index (χ3n) is 3.91. The minimum atomic E-state index is -3.36. The van der Waals surface area contributed by atoms with Gasteiger partial charge in [0.15, 0.2) is 0 Å². The molecule has 20 heavy (non-hydrogen) atoms. The molecular formula is C15H24N2O2S. The Morgan fingerprint density at radius 1 is 1.30 bits per heavy atom. The van der Waals surface area contributed by atoms with Gasteiger partial charge in [-0.3, -0.25) is 0 Å². The van der Waals surface area contributed by atoms with Gasteiger partial charge in [-0.1, -0.05) is 25.5 Å². The lowest BCUT2D eigenvalue weighted by atomic mass is 10.0. The van der Waals surface area contributed by atoms with Gasteiger partial charge in [-0.2, -0.15) is 4.31 Å². The van der Waals surface area contributed by atoms with E-state index < -0.39 is 10.0 Å². The molecule has 0 radical (unpaired) electrons. The van der Waals surface area contributed by atoms with Gasteiger partial charge in [0.05, 0.1) is 4.90 Å². The Kier molecular flexibility index (Phi) is 5.18. The van der Waals surface area contributed by atoms with E-state index >= 15 is 0 Å². The minimum absolute atomic E-state index is 0.290. The maximum Gasteiger partial charge on any atom is 0.243 e. The summed E-state index contributed by atoms with van der Waals surface area (Å²) in [5, 5.41) is 0. The van der Waals surface area contributed by atoms with Gasteiger partial charge in [0.1, 0.15) is 0 Å². The van der Waals surface area contributed by atoms with Crippen LogP contribution in [0.25, 0.3) is 0 Å². The molecule has 1 aliphatic heterocycles. The Morgan fingerprint density at radius 3 is 2.60 bits per heavy atom. The van der Waals surface area contributed by atoms with Crippen molar-refractivity contribution < 1.29 is 8.42 Å². The van der Waals surface area contributed by atoms with Crippen LogP contribution >= 0.6 is 0 Å². The molecule has 1 aromatic rings. The summed E-state index contributed by atoms with van der Waals surface area (Å²) in [5.41, 5.74) is 6.86. The smallest absolute Gasteiger partial charge is 0.243 e. The summed E-state index contributed by atoms with van der Waals surface area (Å²) in [6.45, 7) is 3.83. The van der Waals surface area contributed by atoms with Crippen LogP contribution in [0.4, 0.5) is 0 Å². The first-order valence-electron chi connectivity index (χ1n) is 7.37. The number of aryl methyl sites for hydroxylation is 1. The van der Waals surface area contributed by atoms with E-state index in [9.17, 15) is 8.42 Å². The maximum atomic E-state index is 12.6. The Balaban J connectivity index is 2.16. The summed E-state index contributed by atoms with van der Waals surface area (Å²) < 4.78 is 26.8. The van der Waals surface area contributed by atoms with Gasteiger partial charge in [-0.25, -0.2) is 8.42 Å². The van der Waals surface area contributed by atoms with Crippen molar-refractivity contribution in [2.45, 2.75) is 37.5 Å². The summed E-state index contributed by atoms with van der Waals surface area (Å²) in [6.07, 6.45) is 3.97. The zero-order chi connectivity index (χ0) is 14.6. The fourth-order valence-electron chi connectivity index (χ4n) is 2.70. The maximum absolute atomic E-state index is 12.6. The van der Waals surface area contributed by atoms with E-state index in [-0.39, 0.29) is 5.92 Å². The van der Waals surface area contributed by atoms with Crippen molar-refractivity contribution in [3.8, 4) is 0 Å². The third kappa shape index (κ3) is 3.40. The van der Waals surface area contributed by atoms with Crippen LogP contribution in [0.5, 0.6) is 0 Å². The van der Waals surface area contributed by atoms with E-state index in [1.807, 2.05) is 12.1 Å². The first-order chi connectivity index (χ1) is 9.57. The normalized spacial score (nSPS) is 21.0. The van der Waals surface area contributed by atoms with E-state index in [2.05, 4.69) is 6.92 Å². The SMILES string of the molecule is CCCc1ccc(S(=O)(=O)N2CCCC(CN)C2)cc1. The molecule has 1 heterocycles. The van der Waals surface area contributed by atoms with Gasteiger partial charge in [-0.05, 0) is 49.4 Å². The number of nitrogens with zero attached hydrogens (tertiary/aromatic N) is 1. The molecule has 5 heteroatoms. The Hall–Kier alpha value is -0.910. The predicted molar refractivity (Wildman–Crippen MR) is 81.0 cm³/mol. The van der Waals surface area contributed by atoms with Gasteiger partial charge in [0.25, 0.3) is 0 Å². The molecular weight excluding hydrogens is 272 g/mol. The summed E-state index contributed by atoms with van der Waals surface area (Å²) in [6, 6.07) is 7.29. The average Bonchev–Trinajstić information content (AvgIpc) is 2.48.